The highest BCUT2D eigenvalue weighted by Gasteiger charge is 2.61. The van der Waals surface area contributed by atoms with E-state index in [0.29, 0.717) is 18.8 Å². The molecule has 2 amide bonds. The standard InChI is InChI=1S/C17H19F5N4O2.C2H3FO2/c18-16(19,20)10-24-13(27)17(21,22)26-11-25(12-4-2-1-3-5-12)15(14(26)28)6-8-23-9-7-15;3-1-2(4)5/h1-5,23H,6-11H2,(H,24,27);1H2,(H,4,5). The van der Waals surface area contributed by atoms with E-state index >= 15 is 0 Å². The number of nitrogens with one attached hydrogen (secondary N) is 2. The van der Waals surface area contributed by atoms with Gasteiger partial charge in [-0.15, -0.1) is 0 Å². The van der Waals surface area contributed by atoms with Crippen LogP contribution in [0.4, 0.5) is 32.0 Å². The van der Waals surface area contributed by atoms with E-state index in [-0.39, 0.29) is 17.7 Å². The molecule has 1 aromatic rings. The van der Waals surface area contributed by atoms with Gasteiger partial charge >= 0.3 is 24.1 Å². The maximum Gasteiger partial charge on any atom is 0.408 e. The molecule has 184 valence electrons. The maximum absolute atomic E-state index is 14.7. The molecule has 2 heterocycles. The number of anilines is 1. The molecule has 0 atom stereocenters. The van der Waals surface area contributed by atoms with Crippen LogP contribution in [0.3, 0.4) is 0 Å². The number of amides is 2. The van der Waals surface area contributed by atoms with Crippen LogP contribution < -0.4 is 15.5 Å². The quantitative estimate of drug-likeness (QED) is 0.435. The van der Waals surface area contributed by atoms with Crippen molar-refractivity contribution in [3.8, 4) is 0 Å². The van der Waals surface area contributed by atoms with Crippen molar-refractivity contribution in [3.05, 3.63) is 30.3 Å². The molecule has 3 rings (SSSR count). The van der Waals surface area contributed by atoms with Crippen LogP contribution in [0.25, 0.3) is 0 Å². The van der Waals surface area contributed by atoms with Gasteiger partial charge in [-0.3, -0.25) is 14.5 Å². The fourth-order valence-electron chi connectivity index (χ4n) is 3.59. The summed E-state index contributed by atoms with van der Waals surface area (Å²) in [4.78, 5) is 35.3. The topological polar surface area (TPSA) is 102 Å². The van der Waals surface area contributed by atoms with Crippen molar-refractivity contribution in [2.24, 2.45) is 0 Å². The Morgan fingerprint density at radius 3 is 2.12 bits per heavy atom. The fraction of sp³-hybridized carbons (Fsp3) is 0.526. The second-order valence-electron chi connectivity index (χ2n) is 7.29. The monoisotopic (exact) mass is 484 g/mol. The molecule has 2 aliphatic rings. The maximum atomic E-state index is 14.7. The number of hydrogen-bond donors (Lipinski definition) is 3. The SMILES string of the molecule is O=C(NCC(F)(F)F)C(F)(F)N1CN(c2ccccc2)C2(CCNCC2)C1=O.O=C(O)CF. The Balaban J connectivity index is 0.000000696. The van der Waals surface area contributed by atoms with E-state index in [1.165, 1.54) is 10.2 Å². The van der Waals surface area contributed by atoms with Gasteiger partial charge < -0.3 is 20.6 Å². The van der Waals surface area contributed by atoms with Crippen LogP contribution in [0.15, 0.2) is 30.3 Å². The van der Waals surface area contributed by atoms with Crippen molar-refractivity contribution < 1.29 is 45.8 Å². The molecule has 0 bridgehead atoms. The molecule has 2 aliphatic heterocycles. The molecular weight excluding hydrogens is 462 g/mol. The second-order valence-corrected chi connectivity index (χ2v) is 7.29. The van der Waals surface area contributed by atoms with Crippen molar-refractivity contribution >= 4 is 23.5 Å². The van der Waals surface area contributed by atoms with Crippen LogP contribution in [0.5, 0.6) is 0 Å². The number of carbonyl (C=O) groups excluding carboxylic acids is 2. The molecule has 1 aromatic carbocycles. The number of carboxylic acid groups (broad SMARTS) is 1. The summed E-state index contributed by atoms with van der Waals surface area (Å²) in [6, 6.07) is 4.00. The number of carboxylic acids is 1. The fourth-order valence-corrected chi connectivity index (χ4v) is 3.59. The average Bonchev–Trinajstić information content (AvgIpc) is 3.05. The lowest BCUT2D eigenvalue weighted by molar-refractivity contribution is -0.187. The van der Waals surface area contributed by atoms with E-state index in [9.17, 15) is 35.9 Å². The summed E-state index contributed by atoms with van der Waals surface area (Å²) in [5.41, 5.74) is -0.757. The summed E-state index contributed by atoms with van der Waals surface area (Å²) in [5.74, 6) is -4.54. The Hall–Kier alpha value is -3.03. The Bertz CT molecular complexity index is 846. The molecule has 3 N–H and O–H groups in total. The minimum absolute atomic E-state index is 0.0665. The summed E-state index contributed by atoms with van der Waals surface area (Å²) in [6.07, 6.45) is -4.37. The Kier molecular flexibility index (Phi) is 8.16. The molecular formula is C19H22F6N4O4. The second kappa shape index (κ2) is 10.3. The van der Waals surface area contributed by atoms with Gasteiger partial charge in [0, 0.05) is 5.69 Å². The number of rotatable bonds is 5. The molecule has 1 spiro atoms. The minimum Gasteiger partial charge on any atom is -0.479 e. The highest BCUT2D eigenvalue weighted by atomic mass is 19.4. The summed E-state index contributed by atoms with van der Waals surface area (Å²) < 4.78 is 76.6. The third-order valence-corrected chi connectivity index (χ3v) is 5.12. The molecule has 14 heteroatoms. The van der Waals surface area contributed by atoms with Gasteiger partial charge in [-0.25, -0.2) is 9.18 Å². The Morgan fingerprint density at radius 2 is 1.64 bits per heavy atom. The van der Waals surface area contributed by atoms with E-state index in [1.807, 2.05) is 0 Å². The number of halogens is 6. The average molecular weight is 484 g/mol. The number of nitrogens with zero attached hydrogens (tertiary/aromatic N) is 2. The number of carbonyl (C=O) groups is 3. The van der Waals surface area contributed by atoms with Gasteiger partial charge in [0.2, 0.25) is 0 Å². The van der Waals surface area contributed by atoms with Crippen LogP contribution in [-0.4, -0.2) is 78.5 Å². The highest BCUT2D eigenvalue weighted by molar-refractivity contribution is 5.97. The zero-order valence-electron chi connectivity index (χ0n) is 17.2. The number of hydrogen-bond acceptors (Lipinski definition) is 5. The van der Waals surface area contributed by atoms with Gasteiger partial charge in [0.25, 0.3) is 5.91 Å². The number of benzene rings is 1. The van der Waals surface area contributed by atoms with Gasteiger partial charge in [0.1, 0.15) is 18.8 Å². The van der Waals surface area contributed by atoms with Crippen molar-refractivity contribution in [2.45, 2.75) is 30.6 Å². The van der Waals surface area contributed by atoms with Crippen LogP contribution in [0.2, 0.25) is 0 Å². The largest absolute Gasteiger partial charge is 0.479 e. The van der Waals surface area contributed by atoms with E-state index < -0.39 is 55.4 Å². The lowest BCUT2D eigenvalue weighted by Gasteiger charge is -2.39. The van der Waals surface area contributed by atoms with Crippen LogP contribution in [0, 0.1) is 0 Å². The van der Waals surface area contributed by atoms with E-state index in [0.717, 1.165) is 0 Å². The minimum atomic E-state index is -4.84. The first kappa shape index (κ1) is 26.2. The van der Waals surface area contributed by atoms with E-state index in [2.05, 4.69) is 5.32 Å². The number of aliphatic carboxylic acids is 1. The van der Waals surface area contributed by atoms with Crippen molar-refractivity contribution in [3.63, 3.8) is 0 Å². The van der Waals surface area contributed by atoms with Crippen LogP contribution in [0.1, 0.15) is 12.8 Å². The zero-order valence-corrected chi connectivity index (χ0v) is 17.2. The van der Waals surface area contributed by atoms with Gasteiger partial charge in [0.15, 0.2) is 6.67 Å². The Labute approximate surface area is 184 Å². The summed E-state index contributed by atoms with van der Waals surface area (Å²) in [7, 11) is 0. The van der Waals surface area contributed by atoms with Crippen LogP contribution in [-0.2, 0) is 14.4 Å². The molecule has 8 nitrogen and oxygen atoms in total. The number of alkyl halides is 6. The lowest BCUT2D eigenvalue weighted by Crippen LogP contribution is -2.58. The smallest absolute Gasteiger partial charge is 0.408 e. The highest BCUT2D eigenvalue weighted by Crippen LogP contribution is 2.41. The van der Waals surface area contributed by atoms with E-state index in [4.69, 9.17) is 9.90 Å². The predicted octanol–water partition coefficient (Wildman–Crippen LogP) is 1.73. The van der Waals surface area contributed by atoms with Crippen molar-refractivity contribution in [2.75, 3.05) is 37.9 Å². The lowest BCUT2D eigenvalue weighted by atomic mass is 9.86. The van der Waals surface area contributed by atoms with E-state index in [1.54, 1.807) is 30.3 Å². The number of para-hydroxylation sites is 1. The van der Waals surface area contributed by atoms with Gasteiger partial charge in [0.05, 0.1) is 0 Å². The third-order valence-electron chi connectivity index (χ3n) is 5.12. The molecule has 0 unspecified atom stereocenters. The molecule has 0 aromatic heterocycles. The molecule has 2 saturated heterocycles. The van der Waals surface area contributed by atoms with Gasteiger partial charge in [-0.2, -0.15) is 22.0 Å². The molecule has 0 aliphatic carbocycles. The van der Waals surface area contributed by atoms with Crippen molar-refractivity contribution in [1.82, 2.24) is 15.5 Å². The summed E-state index contributed by atoms with van der Waals surface area (Å²) >= 11 is 0. The number of piperidine rings is 1. The first-order valence-corrected chi connectivity index (χ1v) is 9.71. The summed E-state index contributed by atoms with van der Waals surface area (Å²) in [5, 5.41) is 11.6. The van der Waals surface area contributed by atoms with Gasteiger partial charge in [-0.1, -0.05) is 18.2 Å². The summed E-state index contributed by atoms with van der Waals surface area (Å²) in [6.45, 7) is -2.96. The zero-order chi connectivity index (χ0) is 24.9. The first-order chi connectivity index (χ1) is 15.3. The molecule has 0 radical (unpaired) electrons. The molecule has 33 heavy (non-hydrogen) atoms. The van der Waals surface area contributed by atoms with Crippen LogP contribution >= 0.6 is 0 Å². The first-order valence-electron chi connectivity index (χ1n) is 9.71. The normalized spacial score (nSPS) is 18.1. The van der Waals surface area contributed by atoms with Crippen molar-refractivity contribution in [1.29, 1.82) is 0 Å². The Morgan fingerprint density at radius 1 is 1.09 bits per heavy atom. The van der Waals surface area contributed by atoms with Gasteiger partial charge in [-0.05, 0) is 38.1 Å². The molecule has 2 fully saturated rings. The molecule has 0 saturated carbocycles. The predicted molar refractivity (Wildman–Crippen MR) is 103 cm³/mol. The third kappa shape index (κ3) is 6.06.